The molecule has 10 rings (SSSR count). The molecule has 2 atom stereocenters. The number of furan rings is 1. The van der Waals surface area contributed by atoms with Crippen LogP contribution in [0.2, 0.25) is 0 Å². The second-order valence-corrected chi connectivity index (χ2v) is 14.5. The lowest BCUT2D eigenvalue weighted by Crippen LogP contribution is -2.14. The summed E-state index contributed by atoms with van der Waals surface area (Å²) >= 11 is 1.97. The van der Waals surface area contributed by atoms with E-state index in [9.17, 15) is 0 Å². The van der Waals surface area contributed by atoms with Gasteiger partial charge in [0.25, 0.3) is 0 Å². The van der Waals surface area contributed by atoms with E-state index in [-0.39, 0.29) is 0 Å². The summed E-state index contributed by atoms with van der Waals surface area (Å²) in [5, 5.41) is 4.97. The van der Waals surface area contributed by atoms with Crippen LogP contribution in [0.1, 0.15) is 51.7 Å². The third-order valence-corrected chi connectivity index (χ3v) is 11.9. The van der Waals surface area contributed by atoms with E-state index >= 15 is 0 Å². The lowest BCUT2D eigenvalue weighted by atomic mass is 9.88. The summed E-state index contributed by atoms with van der Waals surface area (Å²) < 4.78 is 10.0. The van der Waals surface area contributed by atoms with Gasteiger partial charge in [0.05, 0.1) is 15.7 Å². The van der Waals surface area contributed by atoms with Gasteiger partial charge in [0.2, 0.25) is 0 Å². The fourth-order valence-electron chi connectivity index (χ4n) is 8.31. The Labute approximate surface area is 289 Å². The molecule has 2 bridgehead atoms. The number of benzene rings is 4. The van der Waals surface area contributed by atoms with E-state index in [1.807, 2.05) is 30.4 Å². The zero-order valence-corrected chi connectivity index (χ0v) is 28.1. The first-order chi connectivity index (χ1) is 24.2. The lowest BCUT2D eigenvalue weighted by molar-refractivity contribution is 0.579. The second-order valence-electron chi connectivity index (χ2n) is 13.4. The van der Waals surface area contributed by atoms with Gasteiger partial charge in [0.15, 0.2) is 0 Å². The van der Waals surface area contributed by atoms with E-state index in [0.29, 0.717) is 11.8 Å². The van der Waals surface area contributed by atoms with E-state index < -0.39 is 0 Å². The number of allylic oxidation sites excluding steroid dienone is 7. The van der Waals surface area contributed by atoms with Crippen molar-refractivity contribution in [2.45, 2.75) is 32.1 Å². The summed E-state index contributed by atoms with van der Waals surface area (Å²) in [6, 6.07) is 27.5. The molecule has 0 radical (unpaired) electrons. The van der Waals surface area contributed by atoms with Gasteiger partial charge in [-0.2, -0.15) is 0 Å². The van der Waals surface area contributed by atoms with Crippen molar-refractivity contribution < 1.29 is 4.42 Å². The zero-order chi connectivity index (χ0) is 32.6. The topological polar surface area (TPSA) is 30.4 Å². The number of aromatic nitrogens is 1. The highest BCUT2D eigenvalue weighted by atomic mass is 32.1. The van der Waals surface area contributed by atoms with Crippen molar-refractivity contribution >= 4 is 83.4 Å². The average Bonchev–Trinajstić information content (AvgIpc) is 3.68. The van der Waals surface area contributed by atoms with E-state index in [4.69, 9.17) is 16.0 Å². The molecule has 0 saturated heterocycles. The molecular formula is C45H34N2OS. The molecule has 7 aromatic rings. The highest BCUT2D eigenvalue weighted by Gasteiger charge is 2.31. The number of nitrogens with zero attached hydrogens (tertiary/aromatic N) is 2. The zero-order valence-electron chi connectivity index (χ0n) is 27.3. The van der Waals surface area contributed by atoms with Crippen molar-refractivity contribution in [2.75, 3.05) is 0 Å². The van der Waals surface area contributed by atoms with Crippen LogP contribution in [-0.2, 0) is 6.42 Å². The molecule has 49 heavy (non-hydrogen) atoms. The maximum absolute atomic E-state index is 6.27. The van der Waals surface area contributed by atoms with E-state index in [2.05, 4.69) is 120 Å². The maximum atomic E-state index is 6.27. The standard InChI is InChI=1S/C45H34N2OS/c1-27(30-15-4-3-5-16-30)45(46-41-28(2)48-38-23-13-11-21-35(38)41)47-37-22-12-10-20-34(37)39-32-18-8-9-19-33(32)40-36-25-24-29-14-6-7-17-31(26-29)43(36)49-44(40)42(39)47/h3-7,9-17,19-25,29,31H,1,8,18,26H2,2H3. The monoisotopic (exact) mass is 650 g/mol. The molecule has 3 heterocycles. The number of aryl methyl sites for hydroxylation is 2. The normalized spacial score (nSPS) is 18.3. The molecule has 0 fully saturated rings. The largest absolute Gasteiger partial charge is 0.459 e. The Bertz CT molecular complexity index is 2670. The molecular weight excluding hydrogens is 617 g/mol. The average molecular weight is 651 g/mol. The second kappa shape index (κ2) is 11.0. The molecule has 3 aromatic heterocycles. The van der Waals surface area contributed by atoms with E-state index in [1.165, 1.54) is 47.9 Å². The van der Waals surface area contributed by atoms with Gasteiger partial charge in [0.1, 0.15) is 22.9 Å². The van der Waals surface area contributed by atoms with Gasteiger partial charge < -0.3 is 4.42 Å². The summed E-state index contributed by atoms with van der Waals surface area (Å²) in [5.74, 6) is 2.42. The van der Waals surface area contributed by atoms with Crippen molar-refractivity contribution in [3.63, 3.8) is 0 Å². The highest BCUT2D eigenvalue weighted by Crippen LogP contribution is 2.51. The first-order valence-corrected chi connectivity index (χ1v) is 18.0. The minimum Gasteiger partial charge on any atom is -0.459 e. The molecule has 0 aliphatic heterocycles. The lowest BCUT2D eigenvalue weighted by Gasteiger charge is -2.18. The molecule has 4 heteroatoms. The maximum Gasteiger partial charge on any atom is 0.145 e. The smallest absolute Gasteiger partial charge is 0.145 e. The molecule has 0 N–H and O–H groups in total. The van der Waals surface area contributed by atoms with Gasteiger partial charge in [-0.1, -0.05) is 116 Å². The first kappa shape index (κ1) is 28.6. The quantitative estimate of drug-likeness (QED) is 0.138. The number of para-hydroxylation sites is 2. The molecule has 3 aliphatic rings. The van der Waals surface area contributed by atoms with E-state index in [1.54, 1.807) is 0 Å². The summed E-state index contributed by atoms with van der Waals surface area (Å²) in [7, 11) is 0. The van der Waals surface area contributed by atoms with Crippen LogP contribution in [-0.4, -0.2) is 10.4 Å². The van der Waals surface area contributed by atoms with Gasteiger partial charge in [-0.3, -0.25) is 4.57 Å². The summed E-state index contributed by atoms with van der Waals surface area (Å²) in [6.07, 6.45) is 21.9. The van der Waals surface area contributed by atoms with Crippen molar-refractivity contribution in [2.24, 2.45) is 10.9 Å². The fraction of sp³-hybridized carbons (Fsp3) is 0.133. The van der Waals surface area contributed by atoms with Gasteiger partial charge in [-0.05, 0) is 72.6 Å². The van der Waals surface area contributed by atoms with Crippen LogP contribution in [0.15, 0.2) is 131 Å². The number of hydrogen-bond donors (Lipinski definition) is 0. The van der Waals surface area contributed by atoms with E-state index in [0.717, 1.165) is 64.2 Å². The van der Waals surface area contributed by atoms with Crippen LogP contribution in [0, 0.1) is 12.8 Å². The molecule has 3 nitrogen and oxygen atoms in total. The summed E-state index contributed by atoms with van der Waals surface area (Å²) in [5.41, 5.74) is 10.2. The molecule has 0 spiro atoms. The Morgan fingerprint density at radius 3 is 2.55 bits per heavy atom. The van der Waals surface area contributed by atoms with Crippen LogP contribution in [0.25, 0.3) is 60.6 Å². The number of fused-ring (bicyclic) bond motifs is 14. The summed E-state index contributed by atoms with van der Waals surface area (Å²) in [4.78, 5) is 7.04. The summed E-state index contributed by atoms with van der Waals surface area (Å²) in [6.45, 7) is 6.78. The van der Waals surface area contributed by atoms with Crippen LogP contribution in [0.5, 0.6) is 0 Å². The van der Waals surface area contributed by atoms with Crippen LogP contribution in [0.4, 0.5) is 5.69 Å². The number of aliphatic imine (C=N–C) groups is 1. The predicted molar refractivity (Wildman–Crippen MR) is 209 cm³/mol. The Morgan fingerprint density at radius 2 is 1.65 bits per heavy atom. The Balaban J connectivity index is 1.39. The van der Waals surface area contributed by atoms with Gasteiger partial charge in [-0.25, -0.2) is 4.99 Å². The third-order valence-electron chi connectivity index (χ3n) is 10.6. The minimum atomic E-state index is 0.367. The molecule has 3 aliphatic carbocycles. The molecule has 236 valence electrons. The Hall–Kier alpha value is -5.45. The highest BCUT2D eigenvalue weighted by molar-refractivity contribution is 7.20. The first-order valence-electron chi connectivity index (χ1n) is 17.2. The Morgan fingerprint density at radius 1 is 0.857 bits per heavy atom. The van der Waals surface area contributed by atoms with Gasteiger partial charge in [-0.15, -0.1) is 11.3 Å². The van der Waals surface area contributed by atoms with Crippen molar-refractivity contribution in [3.05, 3.63) is 155 Å². The fourth-order valence-corrected chi connectivity index (χ4v) is 9.75. The number of hydrogen-bond acceptors (Lipinski definition) is 3. The van der Waals surface area contributed by atoms with Crippen LogP contribution < -0.4 is 0 Å². The molecule has 4 aromatic carbocycles. The predicted octanol–water partition coefficient (Wildman–Crippen LogP) is 12.6. The van der Waals surface area contributed by atoms with Crippen LogP contribution >= 0.6 is 11.3 Å². The van der Waals surface area contributed by atoms with Crippen molar-refractivity contribution in [1.29, 1.82) is 0 Å². The molecule has 0 saturated carbocycles. The SMILES string of the molecule is C=C(C(=Nc1c(C)oc2ccccc12)n1c2ccccc2c2c3c(c4c5c(sc4c21)C1C=CC=CC(C=C5)C1)C=CCC3)c1ccccc1. The van der Waals surface area contributed by atoms with Crippen molar-refractivity contribution in [1.82, 2.24) is 4.57 Å². The Kier molecular flexibility index (Phi) is 6.44. The number of thiophene rings is 1. The van der Waals surface area contributed by atoms with Gasteiger partial charge >= 0.3 is 0 Å². The van der Waals surface area contributed by atoms with Gasteiger partial charge in [0, 0.05) is 37.9 Å². The molecule has 0 amide bonds. The van der Waals surface area contributed by atoms with Crippen LogP contribution in [0.3, 0.4) is 0 Å². The number of rotatable bonds is 3. The van der Waals surface area contributed by atoms with Crippen molar-refractivity contribution in [3.8, 4) is 0 Å². The minimum absolute atomic E-state index is 0.367. The molecule has 2 unspecified atom stereocenters. The third kappa shape index (κ3) is 4.30.